The van der Waals surface area contributed by atoms with E-state index in [1.165, 1.54) is 0 Å². The monoisotopic (exact) mass is 299 g/mol. The normalized spacial score (nSPS) is 17.8. The lowest BCUT2D eigenvalue weighted by Gasteiger charge is -2.28. The van der Waals surface area contributed by atoms with Gasteiger partial charge in [0.05, 0.1) is 17.8 Å². The quantitative estimate of drug-likeness (QED) is 0.749. The molecule has 1 aromatic heterocycles. The molecule has 0 saturated heterocycles. The van der Waals surface area contributed by atoms with E-state index in [1.54, 1.807) is 17.1 Å². The molecule has 0 bridgehead atoms. The highest BCUT2D eigenvalue weighted by atomic mass is 35.5. The van der Waals surface area contributed by atoms with Gasteiger partial charge in [0.1, 0.15) is 5.54 Å². The molecule has 20 heavy (non-hydrogen) atoms. The molecule has 1 aromatic rings. The van der Waals surface area contributed by atoms with Gasteiger partial charge in [-0.25, -0.2) is 0 Å². The van der Waals surface area contributed by atoms with Crippen LogP contribution < -0.4 is 5.32 Å². The molecule has 0 amide bonds. The lowest BCUT2D eigenvalue weighted by molar-refractivity contribution is -0.151. The first-order valence-electron chi connectivity index (χ1n) is 7.16. The molecule has 1 unspecified atom stereocenters. The van der Waals surface area contributed by atoms with E-state index in [-0.39, 0.29) is 5.97 Å². The predicted octanol–water partition coefficient (Wildman–Crippen LogP) is 2.39. The van der Waals surface area contributed by atoms with Crippen LogP contribution in [0.4, 0.5) is 0 Å². The highest BCUT2D eigenvalue weighted by Gasteiger charge is 2.39. The Hall–Kier alpha value is -1.07. The minimum Gasteiger partial charge on any atom is -0.465 e. The Morgan fingerprint density at radius 2 is 2.40 bits per heavy atom. The van der Waals surface area contributed by atoms with Crippen LogP contribution in [0.5, 0.6) is 0 Å². The Morgan fingerprint density at radius 1 is 1.65 bits per heavy atom. The number of nitrogens with zero attached hydrogens (tertiary/aromatic N) is 2. The summed E-state index contributed by atoms with van der Waals surface area (Å²) >= 11 is 5.83. The number of halogens is 1. The highest BCUT2D eigenvalue weighted by molar-refractivity contribution is 6.30. The summed E-state index contributed by atoms with van der Waals surface area (Å²) in [5.41, 5.74) is -0.603. The molecule has 112 valence electrons. The van der Waals surface area contributed by atoms with Crippen molar-refractivity contribution < 1.29 is 9.53 Å². The number of carbonyl (C=O) groups excluding carboxylic acids is 1. The van der Waals surface area contributed by atoms with Crippen LogP contribution in [0.3, 0.4) is 0 Å². The number of esters is 1. The Bertz CT molecular complexity index is 459. The van der Waals surface area contributed by atoms with E-state index in [0.717, 1.165) is 32.2 Å². The van der Waals surface area contributed by atoms with Crippen LogP contribution >= 0.6 is 11.6 Å². The van der Waals surface area contributed by atoms with Gasteiger partial charge in [-0.15, -0.1) is 0 Å². The van der Waals surface area contributed by atoms with Crippen LogP contribution in [0.25, 0.3) is 0 Å². The SMILES string of the molecule is CCOC(=O)C(C)(CCCn1cc(Cl)cn1)NC1CC1. The Kier molecular flexibility index (Phi) is 5.05. The van der Waals surface area contributed by atoms with Crippen molar-refractivity contribution in [2.24, 2.45) is 0 Å². The number of aromatic nitrogens is 2. The third-order valence-electron chi connectivity index (χ3n) is 3.49. The molecular formula is C14H22ClN3O2. The maximum Gasteiger partial charge on any atom is 0.326 e. The summed E-state index contributed by atoms with van der Waals surface area (Å²) in [5.74, 6) is -0.162. The second kappa shape index (κ2) is 6.59. The smallest absolute Gasteiger partial charge is 0.326 e. The first-order chi connectivity index (χ1) is 9.53. The Balaban J connectivity index is 1.87. The summed E-state index contributed by atoms with van der Waals surface area (Å²) < 4.78 is 6.99. The lowest BCUT2D eigenvalue weighted by atomic mass is 9.95. The Labute approximate surface area is 124 Å². The molecule has 1 heterocycles. The van der Waals surface area contributed by atoms with Gasteiger partial charge in [0.15, 0.2) is 0 Å². The van der Waals surface area contributed by atoms with Crippen LogP contribution in [0.2, 0.25) is 5.02 Å². The van der Waals surface area contributed by atoms with Gasteiger partial charge in [-0.2, -0.15) is 5.10 Å². The van der Waals surface area contributed by atoms with Crippen molar-refractivity contribution >= 4 is 17.6 Å². The van der Waals surface area contributed by atoms with Crippen molar-refractivity contribution in [1.82, 2.24) is 15.1 Å². The molecule has 0 radical (unpaired) electrons. The zero-order valence-corrected chi connectivity index (χ0v) is 12.8. The molecule has 1 fully saturated rings. The van der Waals surface area contributed by atoms with Crippen LogP contribution in [-0.4, -0.2) is 33.9 Å². The van der Waals surface area contributed by atoms with Gasteiger partial charge in [-0.1, -0.05) is 11.6 Å². The second-order valence-corrected chi connectivity index (χ2v) is 5.93. The number of rotatable bonds is 8. The largest absolute Gasteiger partial charge is 0.465 e. The van der Waals surface area contributed by atoms with Gasteiger partial charge >= 0.3 is 5.97 Å². The van der Waals surface area contributed by atoms with E-state index in [2.05, 4.69) is 10.4 Å². The van der Waals surface area contributed by atoms with Crippen LogP contribution in [0.1, 0.15) is 39.5 Å². The second-order valence-electron chi connectivity index (χ2n) is 5.50. The third kappa shape index (κ3) is 4.21. The van der Waals surface area contributed by atoms with Crippen molar-refractivity contribution in [3.63, 3.8) is 0 Å². The number of nitrogens with one attached hydrogen (secondary N) is 1. The van der Waals surface area contributed by atoms with E-state index in [4.69, 9.17) is 16.3 Å². The zero-order valence-electron chi connectivity index (χ0n) is 12.1. The first-order valence-corrected chi connectivity index (χ1v) is 7.54. The molecule has 1 aliphatic carbocycles. The molecule has 1 atom stereocenters. The van der Waals surface area contributed by atoms with Crippen molar-refractivity contribution in [2.75, 3.05) is 6.61 Å². The van der Waals surface area contributed by atoms with Crippen LogP contribution in [0.15, 0.2) is 12.4 Å². The fourth-order valence-corrected chi connectivity index (χ4v) is 2.41. The summed E-state index contributed by atoms with van der Waals surface area (Å²) in [7, 11) is 0. The zero-order chi connectivity index (χ0) is 14.6. The van der Waals surface area contributed by atoms with Gasteiger partial charge in [-0.3, -0.25) is 14.8 Å². The van der Waals surface area contributed by atoms with Crippen molar-refractivity contribution in [1.29, 1.82) is 0 Å². The number of carbonyl (C=O) groups is 1. The Morgan fingerprint density at radius 3 is 2.95 bits per heavy atom. The fourth-order valence-electron chi connectivity index (χ4n) is 2.26. The summed E-state index contributed by atoms with van der Waals surface area (Å²) in [4.78, 5) is 12.1. The van der Waals surface area contributed by atoms with Gasteiger partial charge in [0.2, 0.25) is 0 Å². The average Bonchev–Trinajstić information content (AvgIpc) is 3.10. The molecule has 0 spiro atoms. The number of hydrogen-bond acceptors (Lipinski definition) is 4. The van der Waals surface area contributed by atoms with Gasteiger partial charge < -0.3 is 4.74 Å². The molecule has 5 nitrogen and oxygen atoms in total. The summed E-state index contributed by atoms with van der Waals surface area (Å²) in [6, 6.07) is 0.462. The van der Waals surface area contributed by atoms with E-state index in [9.17, 15) is 4.79 Å². The molecule has 1 aliphatic rings. The maximum atomic E-state index is 12.1. The van der Waals surface area contributed by atoms with Gasteiger partial charge in [0, 0.05) is 18.8 Å². The molecular weight excluding hydrogens is 278 g/mol. The highest BCUT2D eigenvalue weighted by Crippen LogP contribution is 2.26. The maximum absolute atomic E-state index is 12.1. The number of ether oxygens (including phenoxy) is 1. The minimum absolute atomic E-state index is 0.162. The molecule has 0 aliphatic heterocycles. The lowest BCUT2D eigenvalue weighted by Crippen LogP contribution is -2.51. The summed E-state index contributed by atoms with van der Waals surface area (Å²) in [6.45, 7) is 4.92. The van der Waals surface area contributed by atoms with Crippen molar-refractivity contribution in [2.45, 2.75) is 57.7 Å². The molecule has 2 rings (SSSR count). The van der Waals surface area contributed by atoms with Crippen molar-refractivity contribution in [3.8, 4) is 0 Å². The van der Waals surface area contributed by atoms with Gasteiger partial charge in [0.25, 0.3) is 0 Å². The molecule has 6 heteroatoms. The predicted molar refractivity (Wildman–Crippen MR) is 77.7 cm³/mol. The number of hydrogen-bond donors (Lipinski definition) is 1. The van der Waals surface area contributed by atoms with E-state index in [0.29, 0.717) is 17.7 Å². The summed E-state index contributed by atoms with van der Waals surface area (Å²) in [6.07, 6.45) is 7.26. The van der Waals surface area contributed by atoms with Gasteiger partial charge in [-0.05, 0) is 39.5 Å². The molecule has 1 saturated carbocycles. The third-order valence-corrected chi connectivity index (χ3v) is 3.69. The first kappa shape index (κ1) is 15.3. The van der Waals surface area contributed by atoms with Crippen LogP contribution in [0, 0.1) is 0 Å². The van der Waals surface area contributed by atoms with Crippen molar-refractivity contribution in [3.05, 3.63) is 17.4 Å². The van der Waals surface area contributed by atoms with Crippen LogP contribution in [-0.2, 0) is 16.1 Å². The average molecular weight is 300 g/mol. The molecule has 1 N–H and O–H groups in total. The van der Waals surface area contributed by atoms with E-state index >= 15 is 0 Å². The molecule has 0 aromatic carbocycles. The standard InChI is InChI=1S/C14H22ClN3O2/c1-3-20-13(19)14(2,17-12-5-6-12)7-4-8-18-10-11(15)9-16-18/h9-10,12,17H,3-8H2,1-2H3. The van der Waals surface area contributed by atoms with E-state index in [1.807, 2.05) is 13.8 Å². The minimum atomic E-state index is -0.603. The fraction of sp³-hybridized carbons (Fsp3) is 0.714. The summed E-state index contributed by atoms with van der Waals surface area (Å²) in [5, 5.41) is 8.18. The van der Waals surface area contributed by atoms with E-state index < -0.39 is 5.54 Å². The topological polar surface area (TPSA) is 56.2 Å². The number of aryl methyl sites for hydroxylation is 1.